The highest BCUT2D eigenvalue weighted by Crippen LogP contribution is 2.22. The van der Waals surface area contributed by atoms with Crippen LogP contribution in [0.3, 0.4) is 0 Å². The monoisotopic (exact) mass is 377 g/mol. The topological polar surface area (TPSA) is 44.3 Å². The van der Waals surface area contributed by atoms with Gasteiger partial charge in [-0.1, -0.05) is 12.1 Å². The van der Waals surface area contributed by atoms with Crippen LogP contribution in [0.5, 0.6) is 0 Å². The van der Waals surface area contributed by atoms with E-state index in [1.165, 1.54) is 23.4 Å². The van der Waals surface area contributed by atoms with Gasteiger partial charge in [-0.2, -0.15) is 4.98 Å². The Bertz CT molecular complexity index is 949. The minimum Gasteiger partial charge on any atom is -0.368 e. The average molecular weight is 377 g/mol. The van der Waals surface area contributed by atoms with E-state index in [0.717, 1.165) is 43.4 Å². The molecule has 3 aromatic rings. The van der Waals surface area contributed by atoms with Crippen LogP contribution < -0.4 is 15.1 Å². The average Bonchev–Trinajstić information content (AvgIpc) is 2.69. The highest BCUT2D eigenvalue weighted by atomic mass is 19.1. The Labute approximate surface area is 164 Å². The van der Waals surface area contributed by atoms with Crippen molar-refractivity contribution in [1.82, 2.24) is 9.97 Å². The molecular formula is C22H24FN5. The smallest absolute Gasteiger partial charge is 0.229 e. The number of aromatic nitrogens is 2. The lowest BCUT2D eigenvalue weighted by atomic mass is 10.2. The van der Waals surface area contributed by atoms with Gasteiger partial charge in [-0.15, -0.1) is 0 Å². The lowest BCUT2D eigenvalue weighted by Gasteiger charge is -2.37. The highest BCUT2D eigenvalue weighted by molar-refractivity contribution is 5.56. The zero-order valence-corrected chi connectivity index (χ0v) is 16.2. The quantitative estimate of drug-likeness (QED) is 0.734. The van der Waals surface area contributed by atoms with Crippen LogP contribution in [0.2, 0.25) is 0 Å². The molecule has 5 nitrogen and oxygen atoms in total. The summed E-state index contributed by atoms with van der Waals surface area (Å²) in [5.74, 6) is 1.19. The van der Waals surface area contributed by atoms with Gasteiger partial charge in [0, 0.05) is 49.3 Å². The number of aryl methyl sites for hydroxylation is 2. The van der Waals surface area contributed by atoms with E-state index in [9.17, 15) is 4.39 Å². The van der Waals surface area contributed by atoms with Crippen LogP contribution in [0.1, 0.15) is 11.3 Å². The molecule has 0 saturated carbocycles. The molecule has 0 spiro atoms. The zero-order valence-electron chi connectivity index (χ0n) is 16.2. The SMILES string of the molecule is Cc1cccc(N2CCN(c3cc(C)nc(Nc4ccc(F)cc4)n3)CC2)c1. The standard InChI is InChI=1S/C22H24FN5/c1-16-4-3-5-20(14-16)27-10-12-28(13-11-27)21-15-17(2)24-22(26-21)25-19-8-6-18(23)7-9-19/h3-9,14-15H,10-13H2,1-2H3,(H,24,25,26). The molecule has 0 amide bonds. The molecule has 0 bridgehead atoms. The molecule has 1 aliphatic heterocycles. The van der Waals surface area contributed by atoms with Crippen LogP contribution in [0.15, 0.2) is 54.6 Å². The summed E-state index contributed by atoms with van der Waals surface area (Å²) in [6, 6.07) is 16.8. The van der Waals surface area contributed by atoms with E-state index in [1.807, 2.05) is 13.0 Å². The van der Waals surface area contributed by atoms with Gasteiger partial charge in [-0.05, 0) is 55.8 Å². The molecule has 1 fully saturated rings. The molecule has 6 heteroatoms. The largest absolute Gasteiger partial charge is 0.368 e. The third-order valence-electron chi connectivity index (χ3n) is 4.91. The maximum absolute atomic E-state index is 13.1. The Morgan fingerprint density at radius 2 is 1.57 bits per heavy atom. The Kier molecular flexibility index (Phi) is 5.10. The van der Waals surface area contributed by atoms with Gasteiger partial charge in [-0.3, -0.25) is 0 Å². The summed E-state index contributed by atoms with van der Waals surface area (Å²) in [5.41, 5.74) is 4.22. The summed E-state index contributed by atoms with van der Waals surface area (Å²) >= 11 is 0. The molecule has 144 valence electrons. The molecule has 2 heterocycles. The number of hydrogen-bond donors (Lipinski definition) is 1. The second-order valence-electron chi connectivity index (χ2n) is 7.14. The number of rotatable bonds is 4. The molecule has 0 atom stereocenters. The zero-order chi connectivity index (χ0) is 19.5. The first-order valence-corrected chi connectivity index (χ1v) is 9.52. The van der Waals surface area contributed by atoms with Crippen LogP contribution in [-0.4, -0.2) is 36.1 Å². The van der Waals surface area contributed by atoms with Crippen LogP contribution in [0.25, 0.3) is 0 Å². The number of piperazine rings is 1. The molecule has 0 aliphatic carbocycles. The van der Waals surface area contributed by atoms with Crippen molar-refractivity contribution in [2.75, 3.05) is 41.3 Å². The normalized spacial score (nSPS) is 14.2. The summed E-state index contributed by atoms with van der Waals surface area (Å²) in [7, 11) is 0. The van der Waals surface area contributed by atoms with Crippen molar-refractivity contribution < 1.29 is 4.39 Å². The van der Waals surface area contributed by atoms with Crippen molar-refractivity contribution in [2.24, 2.45) is 0 Å². The van der Waals surface area contributed by atoms with Gasteiger partial charge < -0.3 is 15.1 Å². The van der Waals surface area contributed by atoms with E-state index in [1.54, 1.807) is 12.1 Å². The van der Waals surface area contributed by atoms with E-state index in [-0.39, 0.29) is 5.82 Å². The van der Waals surface area contributed by atoms with Gasteiger partial charge in [-0.25, -0.2) is 9.37 Å². The van der Waals surface area contributed by atoms with Crippen LogP contribution in [0.4, 0.5) is 27.5 Å². The van der Waals surface area contributed by atoms with Crippen molar-refractivity contribution >= 4 is 23.1 Å². The number of nitrogens with zero attached hydrogens (tertiary/aromatic N) is 4. The lowest BCUT2D eigenvalue weighted by Crippen LogP contribution is -2.47. The molecule has 1 N–H and O–H groups in total. The Hall–Kier alpha value is -3.15. The third kappa shape index (κ3) is 4.22. The maximum atomic E-state index is 13.1. The molecule has 2 aromatic carbocycles. The molecule has 0 unspecified atom stereocenters. The summed E-state index contributed by atoms with van der Waals surface area (Å²) in [4.78, 5) is 13.8. The highest BCUT2D eigenvalue weighted by Gasteiger charge is 2.19. The number of hydrogen-bond acceptors (Lipinski definition) is 5. The Morgan fingerprint density at radius 1 is 0.857 bits per heavy atom. The van der Waals surface area contributed by atoms with E-state index < -0.39 is 0 Å². The molecule has 1 aromatic heterocycles. The summed E-state index contributed by atoms with van der Waals surface area (Å²) in [5, 5.41) is 3.17. The first-order chi connectivity index (χ1) is 13.6. The van der Waals surface area contributed by atoms with Gasteiger partial charge >= 0.3 is 0 Å². The van der Waals surface area contributed by atoms with Gasteiger partial charge in [0.2, 0.25) is 5.95 Å². The Balaban J connectivity index is 1.46. The minimum absolute atomic E-state index is 0.261. The first kappa shape index (κ1) is 18.2. The fourth-order valence-corrected chi connectivity index (χ4v) is 3.45. The van der Waals surface area contributed by atoms with Crippen LogP contribution >= 0.6 is 0 Å². The van der Waals surface area contributed by atoms with E-state index in [2.05, 4.69) is 56.3 Å². The predicted octanol–water partition coefficient (Wildman–Crippen LogP) is 4.30. The first-order valence-electron chi connectivity index (χ1n) is 9.52. The second-order valence-corrected chi connectivity index (χ2v) is 7.14. The fraction of sp³-hybridized carbons (Fsp3) is 0.273. The summed E-state index contributed by atoms with van der Waals surface area (Å²) in [6.07, 6.45) is 0. The maximum Gasteiger partial charge on any atom is 0.229 e. The minimum atomic E-state index is -0.261. The van der Waals surface area contributed by atoms with Gasteiger partial charge in [0.05, 0.1) is 0 Å². The van der Waals surface area contributed by atoms with Crippen LogP contribution in [0, 0.1) is 19.7 Å². The van der Waals surface area contributed by atoms with Crippen molar-refractivity contribution in [3.63, 3.8) is 0 Å². The molecular weight excluding hydrogens is 353 g/mol. The van der Waals surface area contributed by atoms with E-state index in [0.29, 0.717) is 5.95 Å². The summed E-state index contributed by atoms with van der Waals surface area (Å²) in [6.45, 7) is 7.80. The second kappa shape index (κ2) is 7.84. The number of halogens is 1. The molecule has 1 aliphatic rings. The van der Waals surface area contributed by atoms with Crippen molar-refractivity contribution in [2.45, 2.75) is 13.8 Å². The molecule has 1 saturated heterocycles. The number of anilines is 4. The van der Waals surface area contributed by atoms with E-state index in [4.69, 9.17) is 0 Å². The molecule has 0 radical (unpaired) electrons. The van der Waals surface area contributed by atoms with Crippen molar-refractivity contribution in [3.8, 4) is 0 Å². The van der Waals surface area contributed by atoms with E-state index >= 15 is 0 Å². The fourth-order valence-electron chi connectivity index (χ4n) is 3.45. The molecule has 4 rings (SSSR count). The molecule has 28 heavy (non-hydrogen) atoms. The van der Waals surface area contributed by atoms with Crippen molar-refractivity contribution in [3.05, 3.63) is 71.7 Å². The summed E-state index contributed by atoms with van der Waals surface area (Å²) < 4.78 is 13.1. The predicted molar refractivity (Wildman–Crippen MR) is 112 cm³/mol. The van der Waals surface area contributed by atoms with Gasteiger partial charge in [0.15, 0.2) is 0 Å². The van der Waals surface area contributed by atoms with Gasteiger partial charge in [0.1, 0.15) is 11.6 Å². The number of nitrogens with one attached hydrogen (secondary N) is 1. The third-order valence-corrected chi connectivity index (χ3v) is 4.91. The van der Waals surface area contributed by atoms with Gasteiger partial charge in [0.25, 0.3) is 0 Å². The Morgan fingerprint density at radius 3 is 2.29 bits per heavy atom. The van der Waals surface area contributed by atoms with Crippen LogP contribution in [-0.2, 0) is 0 Å². The lowest BCUT2D eigenvalue weighted by molar-refractivity contribution is 0.628. The number of benzene rings is 2. The van der Waals surface area contributed by atoms with Crippen molar-refractivity contribution in [1.29, 1.82) is 0 Å².